The number of nitrogens with one attached hydrogen (secondary N) is 1. The first-order valence-corrected chi connectivity index (χ1v) is 8.14. The summed E-state index contributed by atoms with van der Waals surface area (Å²) in [7, 11) is 0. The number of ether oxygens (including phenoxy) is 1. The van der Waals surface area contributed by atoms with Gasteiger partial charge in [-0.25, -0.2) is 0 Å². The molecule has 3 atom stereocenters. The Bertz CT molecular complexity index is 456. The Balaban J connectivity index is 1.89. The number of nitrogens with zero attached hydrogens (tertiary/aromatic N) is 1. The zero-order valence-electron chi connectivity index (χ0n) is 13.3. The van der Waals surface area contributed by atoms with Gasteiger partial charge in [-0.3, -0.25) is 9.59 Å². The Labute approximate surface area is 126 Å². The van der Waals surface area contributed by atoms with Gasteiger partial charge in [0.05, 0.1) is 6.61 Å². The van der Waals surface area contributed by atoms with Gasteiger partial charge in [-0.05, 0) is 45.4 Å². The SMILES string of the molecule is CCC1(C)C(=O)NC(C)(C2CC2)C(=O)N1CC1CCOC1. The summed E-state index contributed by atoms with van der Waals surface area (Å²) in [4.78, 5) is 27.6. The molecule has 2 heterocycles. The van der Waals surface area contributed by atoms with Gasteiger partial charge < -0.3 is 15.0 Å². The van der Waals surface area contributed by atoms with Crippen LogP contribution >= 0.6 is 0 Å². The minimum absolute atomic E-state index is 0.00193. The smallest absolute Gasteiger partial charge is 0.249 e. The van der Waals surface area contributed by atoms with Crippen molar-refractivity contribution in [1.82, 2.24) is 10.2 Å². The molecule has 21 heavy (non-hydrogen) atoms. The molecule has 2 saturated heterocycles. The highest BCUT2D eigenvalue weighted by Gasteiger charge is 2.59. The van der Waals surface area contributed by atoms with Crippen LogP contribution in [-0.2, 0) is 14.3 Å². The molecule has 5 nitrogen and oxygen atoms in total. The summed E-state index contributed by atoms with van der Waals surface area (Å²) in [5.41, 5.74) is -1.43. The molecule has 0 aromatic carbocycles. The lowest BCUT2D eigenvalue weighted by Gasteiger charge is -2.51. The zero-order valence-corrected chi connectivity index (χ0v) is 13.3. The molecular weight excluding hydrogens is 268 g/mol. The van der Waals surface area contributed by atoms with E-state index in [1.807, 2.05) is 25.7 Å². The van der Waals surface area contributed by atoms with Crippen LogP contribution in [0.15, 0.2) is 0 Å². The van der Waals surface area contributed by atoms with E-state index >= 15 is 0 Å². The second-order valence-corrected chi connectivity index (χ2v) is 7.20. The van der Waals surface area contributed by atoms with Crippen molar-refractivity contribution in [3.63, 3.8) is 0 Å². The molecule has 0 radical (unpaired) electrons. The van der Waals surface area contributed by atoms with Crippen LogP contribution in [-0.4, -0.2) is 47.6 Å². The van der Waals surface area contributed by atoms with Crippen molar-refractivity contribution in [3.05, 3.63) is 0 Å². The van der Waals surface area contributed by atoms with Crippen molar-refractivity contribution in [1.29, 1.82) is 0 Å². The maximum Gasteiger partial charge on any atom is 0.249 e. The molecule has 118 valence electrons. The Morgan fingerprint density at radius 3 is 2.52 bits per heavy atom. The van der Waals surface area contributed by atoms with Gasteiger partial charge in [-0.15, -0.1) is 0 Å². The molecule has 3 aliphatic rings. The molecular formula is C16H26N2O3. The average Bonchev–Trinajstić information content (AvgIpc) is 3.20. The van der Waals surface area contributed by atoms with Gasteiger partial charge in [0.1, 0.15) is 11.1 Å². The molecule has 1 saturated carbocycles. The van der Waals surface area contributed by atoms with Gasteiger partial charge in [0.2, 0.25) is 11.8 Å². The van der Waals surface area contributed by atoms with Crippen LogP contribution in [0.25, 0.3) is 0 Å². The Kier molecular flexibility index (Phi) is 3.51. The van der Waals surface area contributed by atoms with E-state index in [0.29, 0.717) is 31.4 Å². The molecule has 2 aliphatic heterocycles. The third-order valence-electron chi connectivity index (χ3n) is 5.69. The number of hydrogen-bond acceptors (Lipinski definition) is 3. The zero-order chi connectivity index (χ0) is 15.3. The molecule has 3 unspecified atom stereocenters. The summed E-state index contributed by atoms with van der Waals surface area (Å²) >= 11 is 0. The Hall–Kier alpha value is -1.10. The van der Waals surface area contributed by atoms with Crippen LogP contribution in [0, 0.1) is 11.8 Å². The summed E-state index contributed by atoms with van der Waals surface area (Å²) < 4.78 is 5.44. The molecule has 0 aromatic rings. The van der Waals surface area contributed by atoms with Crippen LogP contribution in [0.5, 0.6) is 0 Å². The summed E-state index contributed by atoms with van der Waals surface area (Å²) in [5.74, 6) is 0.755. The summed E-state index contributed by atoms with van der Waals surface area (Å²) in [5, 5.41) is 3.04. The van der Waals surface area contributed by atoms with Gasteiger partial charge in [0.25, 0.3) is 0 Å². The van der Waals surface area contributed by atoms with E-state index in [1.165, 1.54) is 0 Å². The fraction of sp³-hybridized carbons (Fsp3) is 0.875. The van der Waals surface area contributed by atoms with Crippen LogP contribution in [0.4, 0.5) is 0 Å². The normalized spacial score (nSPS) is 40.5. The molecule has 0 spiro atoms. The summed E-state index contributed by atoms with van der Waals surface area (Å²) in [6, 6.07) is 0. The molecule has 3 fully saturated rings. The topological polar surface area (TPSA) is 58.6 Å². The third-order valence-corrected chi connectivity index (χ3v) is 5.69. The van der Waals surface area contributed by atoms with Crippen LogP contribution in [0.3, 0.4) is 0 Å². The van der Waals surface area contributed by atoms with Crippen molar-refractivity contribution in [2.75, 3.05) is 19.8 Å². The van der Waals surface area contributed by atoms with Crippen molar-refractivity contribution in [2.45, 2.75) is 57.5 Å². The maximum absolute atomic E-state index is 13.1. The third kappa shape index (κ3) is 2.26. The largest absolute Gasteiger partial charge is 0.381 e. The van der Waals surface area contributed by atoms with Crippen LogP contribution in [0.1, 0.15) is 46.5 Å². The predicted molar refractivity (Wildman–Crippen MR) is 78.6 cm³/mol. The lowest BCUT2D eigenvalue weighted by molar-refractivity contribution is -0.163. The Morgan fingerprint density at radius 1 is 1.29 bits per heavy atom. The van der Waals surface area contributed by atoms with E-state index in [9.17, 15) is 9.59 Å². The second-order valence-electron chi connectivity index (χ2n) is 7.20. The van der Waals surface area contributed by atoms with Gasteiger partial charge in [0.15, 0.2) is 0 Å². The highest BCUT2D eigenvalue weighted by Crippen LogP contribution is 2.44. The first kappa shape index (κ1) is 14.8. The Morgan fingerprint density at radius 2 is 2.00 bits per heavy atom. The fourth-order valence-corrected chi connectivity index (χ4v) is 3.61. The number of hydrogen-bond donors (Lipinski definition) is 1. The fourth-order valence-electron chi connectivity index (χ4n) is 3.61. The minimum atomic E-state index is -0.728. The van der Waals surface area contributed by atoms with Gasteiger partial charge in [-0.2, -0.15) is 0 Å². The van der Waals surface area contributed by atoms with E-state index in [0.717, 1.165) is 25.9 Å². The van der Waals surface area contributed by atoms with Crippen molar-refractivity contribution >= 4 is 11.8 Å². The molecule has 1 aliphatic carbocycles. The lowest BCUT2D eigenvalue weighted by atomic mass is 9.82. The molecule has 1 N–H and O–H groups in total. The summed E-state index contributed by atoms with van der Waals surface area (Å²) in [6.07, 6.45) is 3.68. The highest BCUT2D eigenvalue weighted by molar-refractivity contribution is 6.02. The maximum atomic E-state index is 13.1. The number of carbonyl (C=O) groups excluding carboxylic acids is 2. The van der Waals surface area contributed by atoms with E-state index in [2.05, 4.69) is 5.32 Å². The van der Waals surface area contributed by atoms with Gasteiger partial charge in [0, 0.05) is 19.1 Å². The first-order chi connectivity index (χ1) is 9.91. The number of piperazine rings is 1. The number of carbonyl (C=O) groups is 2. The van der Waals surface area contributed by atoms with Crippen molar-refractivity contribution in [2.24, 2.45) is 11.8 Å². The molecule has 0 bridgehead atoms. The number of rotatable bonds is 4. The second kappa shape index (κ2) is 4.97. The number of amides is 2. The first-order valence-electron chi connectivity index (χ1n) is 8.14. The molecule has 2 amide bonds. The van der Waals surface area contributed by atoms with Crippen LogP contribution in [0.2, 0.25) is 0 Å². The van der Waals surface area contributed by atoms with Gasteiger partial charge in [-0.1, -0.05) is 6.92 Å². The monoisotopic (exact) mass is 294 g/mol. The minimum Gasteiger partial charge on any atom is -0.381 e. The van der Waals surface area contributed by atoms with Crippen molar-refractivity contribution in [3.8, 4) is 0 Å². The van der Waals surface area contributed by atoms with E-state index < -0.39 is 11.1 Å². The average molecular weight is 294 g/mol. The standard InChI is InChI=1S/C16H26N2O3/c1-4-15(2)13(19)17-16(3,12-5-6-12)14(20)18(15)9-11-7-8-21-10-11/h11-12H,4-10H2,1-3H3,(H,17,19). The quantitative estimate of drug-likeness (QED) is 0.850. The predicted octanol–water partition coefficient (Wildman–Crippen LogP) is 1.32. The molecule has 5 heteroatoms. The van der Waals surface area contributed by atoms with Gasteiger partial charge >= 0.3 is 0 Å². The van der Waals surface area contributed by atoms with Crippen molar-refractivity contribution < 1.29 is 14.3 Å². The van der Waals surface area contributed by atoms with E-state index in [-0.39, 0.29) is 11.8 Å². The molecule has 3 rings (SSSR count). The van der Waals surface area contributed by atoms with E-state index in [4.69, 9.17) is 4.74 Å². The highest BCUT2D eigenvalue weighted by atomic mass is 16.5. The van der Waals surface area contributed by atoms with E-state index in [1.54, 1.807) is 0 Å². The van der Waals surface area contributed by atoms with Crippen LogP contribution < -0.4 is 5.32 Å². The molecule has 0 aromatic heterocycles. The lowest BCUT2D eigenvalue weighted by Crippen LogP contribution is -2.75. The summed E-state index contributed by atoms with van der Waals surface area (Å²) in [6.45, 7) is 7.87.